The summed E-state index contributed by atoms with van der Waals surface area (Å²) in [5, 5.41) is 8.06. The lowest BCUT2D eigenvalue weighted by atomic mass is 10.1. The molecule has 1 unspecified atom stereocenters. The van der Waals surface area contributed by atoms with Gasteiger partial charge in [0.1, 0.15) is 11.0 Å². The lowest BCUT2D eigenvalue weighted by Crippen LogP contribution is -2.16. The van der Waals surface area contributed by atoms with E-state index < -0.39 is 11.2 Å². The third-order valence-electron chi connectivity index (χ3n) is 2.01. The molecule has 0 spiro atoms. The standard InChI is InChI=1S/C12H16O3S/c1-8(2)15-10-5-3-9(4-6-10)7-11(16)12(13)14/h3-6,8,11,16H,7H2,1-2H3,(H,13,14). The van der Waals surface area contributed by atoms with E-state index in [2.05, 4.69) is 12.6 Å². The molecule has 0 aliphatic carbocycles. The predicted octanol–water partition coefficient (Wildman–Crippen LogP) is 2.40. The number of benzene rings is 1. The van der Waals surface area contributed by atoms with E-state index in [1.807, 2.05) is 38.1 Å². The Morgan fingerprint density at radius 3 is 2.38 bits per heavy atom. The predicted molar refractivity (Wildman–Crippen MR) is 66.3 cm³/mol. The highest BCUT2D eigenvalue weighted by atomic mass is 32.1. The molecule has 0 fully saturated rings. The first-order valence-electron chi connectivity index (χ1n) is 5.15. The number of ether oxygens (including phenoxy) is 1. The van der Waals surface area contributed by atoms with Crippen molar-refractivity contribution in [3.8, 4) is 5.75 Å². The molecule has 0 radical (unpaired) electrons. The summed E-state index contributed by atoms with van der Waals surface area (Å²) in [6.07, 6.45) is 0.558. The molecule has 0 bridgehead atoms. The molecule has 1 aromatic rings. The Kier molecular flexibility index (Phi) is 4.68. The van der Waals surface area contributed by atoms with Gasteiger partial charge in [0.05, 0.1) is 6.10 Å². The molecule has 1 atom stereocenters. The molecule has 1 N–H and O–H groups in total. The Labute approximate surface area is 101 Å². The van der Waals surface area contributed by atoms with Crippen LogP contribution in [0.3, 0.4) is 0 Å². The van der Waals surface area contributed by atoms with Gasteiger partial charge in [0.25, 0.3) is 0 Å². The zero-order chi connectivity index (χ0) is 12.1. The van der Waals surface area contributed by atoms with Crippen LogP contribution in [0, 0.1) is 0 Å². The van der Waals surface area contributed by atoms with Crippen molar-refractivity contribution in [2.75, 3.05) is 0 Å². The fourth-order valence-corrected chi connectivity index (χ4v) is 1.50. The van der Waals surface area contributed by atoms with Crippen LogP contribution < -0.4 is 4.74 Å². The maximum atomic E-state index is 10.6. The van der Waals surface area contributed by atoms with Crippen LogP contribution in [0.15, 0.2) is 24.3 Å². The zero-order valence-corrected chi connectivity index (χ0v) is 10.3. The van der Waals surface area contributed by atoms with E-state index >= 15 is 0 Å². The number of thiol groups is 1. The monoisotopic (exact) mass is 240 g/mol. The van der Waals surface area contributed by atoms with Crippen LogP contribution in [-0.4, -0.2) is 22.4 Å². The van der Waals surface area contributed by atoms with Crippen LogP contribution in [0.5, 0.6) is 5.75 Å². The summed E-state index contributed by atoms with van der Waals surface area (Å²) in [6.45, 7) is 3.92. The van der Waals surface area contributed by atoms with Crippen molar-refractivity contribution in [3.63, 3.8) is 0 Å². The van der Waals surface area contributed by atoms with Crippen molar-refractivity contribution in [2.45, 2.75) is 31.6 Å². The van der Waals surface area contributed by atoms with Gasteiger partial charge >= 0.3 is 5.97 Å². The van der Waals surface area contributed by atoms with Crippen LogP contribution in [-0.2, 0) is 11.2 Å². The third kappa shape index (κ3) is 4.14. The molecule has 1 aromatic carbocycles. The lowest BCUT2D eigenvalue weighted by Gasteiger charge is -2.10. The lowest BCUT2D eigenvalue weighted by molar-refractivity contribution is -0.136. The molecular formula is C12H16O3S. The Hall–Kier alpha value is -1.16. The molecule has 88 valence electrons. The summed E-state index contributed by atoms with van der Waals surface area (Å²) >= 11 is 3.99. The summed E-state index contributed by atoms with van der Waals surface area (Å²) in [5.74, 6) is -0.101. The first-order chi connectivity index (χ1) is 7.49. The Morgan fingerprint density at radius 1 is 1.38 bits per heavy atom. The van der Waals surface area contributed by atoms with E-state index in [9.17, 15) is 4.79 Å². The summed E-state index contributed by atoms with van der Waals surface area (Å²) in [4.78, 5) is 10.6. The highest BCUT2D eigenvalue weighted by Crippen LogP contribution is 2.16. The van der Waals surface area contributed by atoms with Gasteiger partial charge in [0.15, 0.2) is 0 Å². The van der Waals surface area contributed by atoms with E-state index in [0.717, 1.165) is 11.3 Å². The first kappa shape index (κ1) is 12.9. The quantitative estimate of drug-likeness (QED) is 0.777. The zero-order valence-electron chi connectivity index (χ0n) is 9.38. The van der Waals surface area contributed by atoms with Gasteiger partial charge in [-0.2, -0.15) is 12.6 Å². The second-order valence-electron chi connectivity index (χ2n) is 3.87. The third-order valence-corrected chi connectivity index (χ3v) is 2.41. The number of hydrogen-bond acceptors (Lipinski definition) is 3. The summed E-state index contributed by atoms with van der Waals surface area (Å²) < 4.78 is 5.49. The Balaban J connectivity index is 2.61. The van der Waals surface area contributed by atoms with Crippen molar-refractivity contribution in [1.82, 2.24) is 0 Å². The van der Waals surface area contributed by atoms with Crippen LogP contribution >= 0.6 is 12.6 Å². The van der Waals surface area contributed by atoms with Crippen molar-refractivity contribution < 1.29 is 14.6 Å². The van der Waals surface area contributed by atoms with E-state index in [-0.39, 0.29) is 6.10 Å². The Morgan fingerprint density at radius 2 is 1.94 bits per heavy atom. The van der Waals surface area contributed by atoms with Crippen molar-refractivity contribution in [2.24, 2.45) is 0 Å². The number of aliphatic carboxylic acids is 1. The number of carboxylic acids is 1. The molecular weight excluding hydrogens is 224 g/mol. The molecule has 0 aliphatic heterocycles. The van der Waals surface area contributed by atoms with Crippen molar-refractivity contribution in [1.29, 1.82) is 0 Å². The fourth-order valence-electron chi connectivity index (χ4n) is 1.29. The molecule has 3 nitrogen and oxygen atoms in total. The minimum atomic E-state index is -0.897. The van der Waals surface area contributed by atoms with Crippen LogP contribution in [0.4, 0.5) is 0 Å². The van der Waals surface area contributed by atoms with Gasteiger partial charge in [0.2, 0.25) is 0 Å². The second kappa shape index (κ2) is 5.80. The van der Waals surface area contributed by atoms with E-state index in [1.165, 1.54) is 0 Å². The molecule has 0 aromatic heterocycles. The number of carbonyl (C=O) groups is 1. The van der Waals surface area contributed by atoms with Gasteiger partial charge in [-0.1, -0.05) is 12.1 Å². The van der Waals surface area contributed by atoms with Gasteiger partial charge in [0, 0.05) is 0 Å². The average Bonchev–Trinajstić information content (AvgIpc) is 2.20. The largest absolute Gasteiger partial charge is 0.491 e. The van der Waals surface area contributed by atoms with Gasteiger partial charge in [-0.3, -0.25) is 4.79 Å². The first-order valence-corrected chi connectivity index (χ1v) is 5.67. The molecule has 4 heteroatoms. The van der Waals surface area contributed by atoms with E-state index in [0.29, 0.717) is 6.42 Å². The number of hydrogen-bond donors (Lipinski definition) is 2. The van der Waals surface area contributed by atoms with E-state index in [4.69, 9.17) is 9.84 Å². The maximum absolute atomic E-state index is 10.6. The topological polar surface area (TPSA) is 46.5 Å². The second-order valence-corrected chi connectivity index (χ2v) is 4.49. The summed E-state index contributed by atoms with van der Waals surface area (Å²) in [7, 11) is 0. The molecule has 0 saturated heterocycles. The molecule has 0 heterocycles. The van der Waals surface area contributed by atoms with Crippen LogP contribution in [0.2, 0.25) is 0 Å². The number of rotatable bonds is 5. The summed E-state index contributed by atoms with van der Waals surface area (Å²) in [5.41, 5.74) is 0.943. The average molecular weight is 240 g/mol. The molecule has 1 rings (SSSR count). The van der Waals surface area contributed by atoms with Gasteiger partial charge in [-0.05, 0) is 38.0 Å². The SMILES string of the molecule is CC(C)Oc1ccc(CC(S)C(=O)O)cc1. The number of carboxylic acid groups (broad SMARTS) is 1. The Bertz CT molecular complexity index is 346. The minimum absolute atomic E-state index is 0.141. The smallest absolute Gasteiger partial charge is 0.316 e. The van der Waals surface area contributed by atoms with Crippen molar-refractivity contribution in [3.05, 3.63) is 29.8 Å². The molecule has 0 saturated carbocycles. The van der Waals surface area contributed by atoms with Gasteiger partial charge in [-0.15, -0.1) is 0 Å². The minimum Gasteiger partial charge on any atom is -0.491 e. The van der Waals surface area contributed by atoms with Gasteiger partial charge in [-0.25, -0.2) is 0 Å². The molecule has 0 aliphatic rings. The highest BCUT2D eigenvalue weighted by Gasteiger charge is 2.12. The highest BCUT2D eigenvalue weighted by molar-refractivity contribution is 7.81. The maximum Gasteiger partial charge on any atom is 0.316 e. The van der Waals surface area contributed by atoms with Crippen LogP contribution in [0.1, 0.15) is 19.4 Å². The normalized spacial score (nSPS) is 12.5. The van der Waals surface area contributed by atoms with Crippen LogP contribution in [0.25, 0.3) is 0 Å². The van der Waals surface area contributed by atoms with Gasteiger partial charge < -0.3 is 9.84 Å². The molecule has 16 heavy (non-hydrogen) atoms. The van der Waals surface area contributed by atoms with E-state index in [1.54, 1.807) is 0 Å². The molecule has 0 amide bonds. The van der Waals surface area contributed by atoms with Crippen molar-refractivity contribution >= 4 is 18.6 Å². The summed E-state index contributed by atoms with van der Waals surface area (Å²) in [6, 6.07) is 7.42. The fraction of sp³-hybridized carbons (Fsp3) is 0.417.